The van der Waals surface area contributed by atoms with Crippen LogP contribution < -0.4 is 4.90 Å². The van der Waals surface area contributed by atoms with E-state index in [1.807, 2.05) is 22.7 Å². The molecule has 1 aromatic heterocycles. The third-order valence-corrected chi connectivity index (χ3v) is 8.03. The first-order chi connectivity index (χ1) is 16.2. The number of fused-ring (bicyclic) bond motifs is 1. The number of rotatable bonds is 11. The smallest absolute Gasteiger partial charge is 0.228 e. The van der Waals surface area contributed by atoms with Gasteiger partial charge in [-0.05, 0) is 54.8 Å². The highest BCUT2D eigenvalue weighted by atomic mass is 32.2. The van der Waals surface area contributed by atoms with Crippen LogP contribution in [0.25, 0.3) is 10.2 Å². The molecule has 2 aromatic carbocycles. The molecule has 0 N–H and O–H groups in total. The fourth-order valence-corrected chi connectivity index (χ4v) is 5.91. The van der Waals surface area contributed by atoms with Crippen molar-refractivity contribution in [2.24, 2.45) is 0 Å². The van der Waals surface area contributed by atoms with Gasteiger partial charge in [-0.1, -0.05) is 42.5 Å². The number of thiazole rings is 1. The summed E-state index contributed by atoms with van der Waals surface area (Å²) in [5.74, 6) is 1.12. The normalized spacial score (nSPS) is 14.6. The Morgan fingerprint density at radius 1 is 1.15 bits per heavy atom. The van der Waals surface area contributed by atoms with E-state index in [0.717, 1.165) is 73.2 Å². The number of hydrogen-bond donors (Lipinski definition) is 0. The standard InChI is InChI=1S/C26H33N3O2S2/c1-2-21-11-12-23-24(20-21)33-26(27-23)29(14-7-13-28-15-17-31-18-16-28)25(30)10-6-19-32-22-8-4-3-5-9-22/h3-5,8-9,11-12,20H,2,6-7,10,13-19H2,1H3. The van der Waals surface area contributed by atoms with Crippen LogP contribution in [0.2, 0.25) is 0 Å². The first kappa shape index (κ1) is 24.2. The van der Waals surface area contributed by atoms with Crippen LogP contribution in [-0.2, 0) is 16.0 Å². The van der Waals surface area contributed by atoms with Crippen LogP contribution in [0.15, 0.2) is 53.4 Å². The Kier molecular flexibility index (Phi) is 9.17. The van der Waals surface area contributed by atoms with Gasteiger partial charge in [-0.25, -0.2) is 4.98 Å². The quantitative estimate of drug-likeness (QED) is 0.267. The molecule has 33 heavy (non-hydrogen) atoms. The Hall–Kier alpha value is -1.93. The van der Waals surface area contributed by atoms with Crippen LogP contribution in [0.3, 0.4) is 0 Å². The van der Waals surface area contributed by atoms with Crippen LogP contribution in [-0.4, -0.2) is 60.9 Å². The maximum Gasteiger partial charge on any atom is 0.228 e. The number of benzene rings is 2. The lowest BCUT2D eigenvalue weighted by molar-refractivity contribution is -0.118. The van der Waals surface area contributed by atoms with Crippen molar-refractivity contribution in [1.82, 2.24) is 9.88 Å². The van der Waals surface area contributed by atoms with Crippen molar-refractivity contribution in [2.75, 3.05) is 50.0 Å². The molecule has 0 spiro atoms. The second kappa shape index (κ2) is 12.5. The van der Waals surface area contributed by atoms with Gasteiger partial charge in [0.1, 0.15) is 0 Å². The van der Waals surface area contributed by atoms with E-state index in [4.69, 9.17) is 9.72 Å². The second-order valence-corrected chi connectivity index (χ2v) is 10.4. The number of hydrogen-bond acceptors (Lipinski definition) is 6. The number of anilines is 1. The van der Waals surface area contributed by atoms with Crippen molar-refractivity contribution in [3.05, 3.63) is 54.1 Å². The van der Waals surface area contributed by atoms with E-state index in [-0.39, 0.29) is 5.91 Å². The van der Waals surface area contributed by atoms with Gasteiger partial charge < -0.3 is 4.74 Å². The molecular formula is C26H33N3O2S2. The molecule has 3 aromatic rings. The molecule has 1 amide bonds. The minimum atomic E-state index is 0.181. The zero-order chi connectivity index (χ0) is 22.9. The van der Waals surface area contributed by atoms with Gasteiger partial charge in [0.25, 0.3) is 0 Å². The molecule has 1 fully saturated rings. The molecule has 2 heterocycles. The minimum Gasteiger partial charge on any atom is -0.379 e. The summed E-state index contributed by atoms with van der Waals surface area (Å²) < 4.78 is 6.62. The van der Waals surface area contributed by atoms with Crippen LogP contribution in [0, 0.1) is 0 Å². The van der Waals surface area contributed by atoms with Gasteiger partial charge in [-0.15, -0.1) is 11.8 Å². The van der Waals surface area contributed by atoms with E-state index in [0.29, 0.717) is 13.0 Å². The maximum atomic E-state index is 13.3. The zero-order valence-corrected chi connectivity index (χ0v) is 21.0. The van der Waals surface area contributed by atoms with E-state index in [9.17, 15) is 4.79 Å². The molecule has 0 saturated carbocycles. The number of carbonyl (C=O) groups is 1. The highest BCUT2D eigenvalue weighted by molar-refractivity contribution is 7.99. The Morgan fingerprint density at radius 3 is 2.76 bits per heavy atom. The zero-order valence-electron chi connectivity index (χ0n) is 19.4. The molecule has 1 saturated heterocycles. The number of nitrogens with zero attached hydrogens (tertiary/aromatic N) is 3. The summed E-state index contributed by atoms with van der Waals surface area (Å²) in [5.41, 5.74) is 2.29. The van der Waals surface area contributed by atoms with Crippen molar-refractivity contribution in [2.45, 2.75) is 37.5 Å². The molecule has 0 bridgehead atoms. The van der Waals surface area contributed by atoms with E-state index in [1.165, 1.54) is 10.5 Å². The van der Waals surface area contributed by atoms with Gasteiger partial charge in [-0.2, -0.15) is 0 Å². The topological polar surface area (TPSA) is 45.7 Å². The molecular weight excluding hydrogens is 450 g/mol. The van der Waals surface area contributed by atoms with Gasteiger partial charge in [0, 0.05) is 37.5 Å². The number of carbonyl (C=O) groups excluding carboxylic acids is 1. The van der Waals surface area contributed by atoms with E-state index in [1.54, 1.807) is 11.3 Å². The number of aryl methyl sites for hydroxylation is 1. The summed E-state index contributed by atoms with van der Waals surface area (Å²) in [6.45, 7) is 7.43. The molecule has 4 rings (SSSR count). The lowest BCUT2D eigenvalue weighted by atomic mass is 10.2. The van der Waals surface area contributed by atoms with Gasteiger partial charge in [0.2, 0.25) is 5.91 Å². The molecule has 1 aliphatic heterocycles. The fraction of sp³-hybridized carbons (Fsp3) is 0.462. The summed E-state index contributed by atoms with van der Waals surface area (Å²) in [4.78, 5) is 23.7. The van der Waals surface area contributed by atoms with E-state index < -0.39 is 0 Å². The lowest BCUT2D eigenvalue weighted by Crippen LogP contribution is -2.39. The first-order valence-corrected chi connectivity index (χ1v) is 13.7. The molecule has 176 valence electrons. The van der Waals surface area contributed by atoms with Gasteiger partial charge in [-0.3, -0.25) is 14.6 Å². The number of ether oxygens (including phenoxy) is 1. The third kappa shape index (κ3) is 7.03. The van der Waals surface area contributed by atoms with Gasteiger partial charge in [0.15, 0.2) is 5.13 Å². The van der Waals surface area contributed by atoms with Crippen LogP contribution >= 0.6 is 23.1 Å². The maximum absolute atomic E-state index is 13.3. The fourth-order valence-electron chi connectivity index (χ4n) is 3.96. The SMILES string of the molecule is CCc1ccc2nc(N(CCCN3CCOCC3)C(=O)CCCSc3ccccc3)sc2c1. The predicted molar refractivity (Wildman–Crippen MR) is 140 cm³/mol. The second-order valence-electron chi connectivity index (χ2n) is 8.27. The Morgan fingerprint density at radius 2 is 1.97 bits per heavy atom. The predicted octanol–water partition coefficient (Wildman–Crippen LogP) is 5.49. The number of amides is 1. The minimum absolute atomic E-state index is 0.181. The van der Waals surface area contributed by atoms with Crippen molar-refractivity contribution in [3.63, 3.8) is 0 Å². The van der Waals surface area contributed by atoms with Gasteiger partial charge in [0.05, 0.1) is 23.4 Å². The van der Waals surface area contributed by atoms with Crippen LogP contribution in [0.5, 0.6) is 0 Å². The Balaban J connectivity index is 1.39. The molecule has 1 aliphatic rings. The van der Waals surface area contributed by atoms with E-state index in [2.05, 4.69) is 54.3 Å². The summed E-state index contributed by atoms with van der Waals surface area (Å²) in [5, 5.41) is 0.834. The summed E-state index contributed by atoms with van der Waals surface area (Å²) in [6, 6.07) is 16.8. The average Bonchev–Trinajstić information content (AvgIpc) is 3.28. The monoisotopic (exact) mass is 483 g/mol. The Bertz CT molecular complexity index is 1020. The molecule has 0 aliphatic carbocycles. The van der Waals surface area contributed by atoms with Gasteiger partial charge >= 0.3 is 0 Å². The molecule has 0 unspecified atom stereocenters. The van der Waals surface area contributed by atoms with Crippen molar-refractivity contribution < 1.29 is 9.53 Å². The van der Waals surface area contributed by atoms with E-state index >= 15 is 0 Å². The molecule has 0 atom stereocenters. The average molecular weight is 484 g/mol. The lowest BCUT2D eigenvalue weighted by Gasteiger charge is -2.27. The molecule has 7 heteroatoms. The first-order valence-electron chi connectivity index (χ1n) is 11.9. The third-order valence-electron chi connectivity index (χ3n) is 5.89. The molecule has 0 radical (unpaired) electrons. The van der Waals surface area contributed by atoms with Crippen molar-refractivity contribution >= 4 is 44.4 Å². The summed E-state index contributed by atoms with van der Waals surface area (Å²) in [7, 11) is 0. The van der Waals surface area contributed by atoms with Crippen LogP contribution in [0.4, 0.5) is 5.13 Å². The number of thioether (sulfide) groups is 1. The van der Waals surface area contributed by atoms with Crippen molar-refractivity contribution in [3.8, 4) is 0 Å². The van der Waals surface area contributed by atoms with Crippen molar-refractivity contribution in [1.29, 1.82) is 0 Å². The summed E-state index contributed by atoms with van der Waals surface area (Å²) >= 11 is 3.45. The largest absolute Gasteiger partial charge is 0.379 e. The highest BCUT2D eigenvalue weighted by Gasteiger charge is 2.20. The Labute approximate surface area is 205 Å². The number of aromatic nitrogens is 1. The summed E-state index contributed by atoms with van der Waals surface area (Å²) in [6.07, 6.45) is 3.36. The highest BCUT2D eigenvalue weighted by Crippen LogP contribution is 2.30. The van der Waals surface area contributed by atoms with Crippen LogP contribution in [0.1, 0.15) is 31.7 Å². The molecule has 5 nitrogen and oxygen atoms in total. The number of morpholine rings is 1.